The monoisotopic (exact) mass is 508 g/mol. The van der Waals surface area contributed by atoms with Crippen LogP contribution < -0.4 is 4.74 Å². The smallest absolute Gasteiger partial charge is 0.349 e. The van der Waals surface area contributed by atoms with Crippen molar-refractivity contribution in [2.75, 3.05) is 13.2 Å². The number of rotatable bonds is 6. The molecule has 0 amide bonds. The molecule has 0 unspecified atom stereocenters. The van der Waals surface area contributed by atoms with Crippen LogP contribution in [0.2, 0.25) is 0 Å². The molecule has 0 bridgehead atoms. The second-order valence-corrected chi connectivity index (χ2v) is 8.03. The number of hydrogen-bond donors (Lipinski definition) is 0. The standard InChI is InChI=1S/C26H18F6O4/c1-2-3-13-11-34-26(35-12-13)15-8-19(28)23(20(29)9-15)25(33)36-16-4-5-17(18(27)10-16)14-6-21(30)24(32)22(31)7-14/h2,4-10,13,26H,1,3,11-12H2. The van der Waals surface area contributed by atoms with Gasteiger partial charge in [-0.2, -0.15) is 0 Å². The molecule has 0 N–H and O–H groups in total. The van der Waals surface area contributed by atoms with Crippen LogP contribution in [0.3, 0.4) is 0 Å². The van der Waals surface area contributed by atoms with Gasteiger partial charge in [-0.3, -0.25) is 0 Å². The Morgan fingerprint density at radius 3 is 2.06 bits per heavy atom. The number of carbonyl (C=O) groups excluding carboxylic acids is 1. The van der Waals surface area contributed by atoms with E-state index in [0.717, 1.165) is 24.3 Å². The maximum absolute atomic E-state index is 14.6. The van der Waals surface area contributed by atoms with Gasteiger partial charge in [0.2, 0.25) is 0 Å². The highest BCUT2D eigenvalue weighted by Gasteiger charge is 2.27. The Labute approximate surface area is 201 Å². The number of ether oxygens (including phenoxy) is 3. The number of carbonyl (C=O) groups is 1. The molecule has 0 aliphatic carbocycles. The predicted molar refractivity (Wildman–Crippen MR) is 116 cm³/mol. The fraction of sp³-hybridized carbons (Fsp3) is 0.192. The molecule has 1 aliphatic rings. The molecule has 1 aliphatic heterocycles. The van der Waals surface area contributed by atoms with Crippen molar-refractivity contribution >= 4 is 5.97 Å². The number of esters is 1. The zero-order chi connectivity index (χ0) is 26.0. The van der Waals surface area contributed by atoms with Crippen molar-refractivity contribution in [1.82, 2.24) is 0 Å². The molecule has 3 aromatic carbocycles. The highest BCUT2D eigenvalue weighted by atomic mass is 19.2. The van der Waals surface area contributed by atoms with Crippen molar-refractivity contribution < 1.29 is 45.3 Å². The van der Waals surface area contributed by atoms with Crippen molar-refractivity contribution in [3.05, 3.63) is 101 Å². The predicted octanol–water partition coefficient (Wildman–Crippen LogP) is 6.65. The van der Waals surface area contributed by atoms with E-state index in [4.69, 9.17) is 14.2 Å². The Hall–Kier alpha value is -3.63. The van der Waals surface area contributed by atoms with Gasteiger partial charge >= 0.3 is 5.97 Å². The first-order valence-corrected chi connectivity index (χ1v) is 10.7. The van der Waals surface area contributed by atoms with Crippen molar-refractivity contribution in [2.45, 2.75) is 12.7 Å². The third-order valence-electron chi connectivity index (χ3n) is 5.45. The topological polar surface area (TPSA) is 44.8 Å². The summed E-state index contributed by atoms with van der Waals surface area (Å²) in [4.78, 5) is 12.4. The first-order chi connectivity index (χ1) is 17.2. The molecule has 10 heteroatoms. The van der Waals surface area contributed by atoms with Crippen LogP contribution in [0.25, 0.3) is 11.1 Å². The molecule has 4 rings (SSSR count). The van der Waals surface area contributed by atoms with Crippen molar-refractivity contribution in [2.24, 2.45) is 5.92 Å². The number of benzene rings is 3. The SMILES string of the molecule is C=CCC1COC(c2cc(F)c(C(=O)Oc3ccc(-c4cc(F)c(F)c(F)c4)c(F)c3)c(F)c2)OC1. The molecule has 0 saturated carbocycles. The van der Waals surface area contributed by atoms with Gasteiger partial charge in [0, 0.05) is 23.1 Å². The molecule has 0 atom stereocenters. The number of hydrogen-bond acceptors (Lipinski definition) is 4. The average Bonchev–Trinajstić information content (AvgIpc) is 2.82. The molecular formula is C26H18F6O4. The Bertz CT molecular complexity index is 1270. The molecular weight excluding hydrogens is 490 g/mol. The lowest BCUT2D eigenvalue weighted by Gasteiger charge is -2.29. The minimum absolute atomic E-state index is 0.0211. The van der Waals surface area contributed by atoms with E-state index in [0.29, 0.717) is 37.8 Å². The van der Waals surface area contributed by atoms with Gasteiger partial charge in [0.05, 0.1) is 13.2 Å². The van der Waals surface area contributed by atoms with Gasteiger partial charge in [-0.15, -0.1) is 6.58 Å². The molecule has 0 radical (unpaired) electrons. The molecule has 188 valence electrons. The van der Waals surface area contributed by atoms with E-state index >= 15 is 0 Å². The zero-order valence-electron chi connectivity index (χ0n) is 18.5. The number of halogens is 6. The van der Waals surface area contributed by atoms with E-state index in [1.807, 2.05) is 0 Å². The molecule has 1 saturated heterocycles. The van der Waals surface area contributed by atoms with Crippen molar-refractivity contribution in [1.29, 1.82) is 0 Å². The minimum atomic E-state index is -1.71. The van der Waals surface area contributed by atoms with Gasteiger partial charge < -0.3 is 14.2 Å². The first-order valence-electron chi connectivity index (χ1n) is 10.7. The summed E-state index contributed by atoms with van der Waals surface area (Å²) < 4.78 is 99.8. The maximum Gasteiger partial charge on any atom is 0.349 e. The summed E-state index contributed by atoms with van der Waals surface area (Å²) in [5, 5.41) is 0. The maximum atomic E-state index is 14.6. The van der Waals surface area contributed by atoms with Gasteiger partial charge in [-0.05, 0) is 48.4 Å². The minimum Gasteiger partial charge on any atom is -0.423 e. The summed E-state index contributed by atoms with van der Waals surface area (Å²) in [7, 11) is 0. The third-order valence-corrected chi connectivity index (χ3v) is 5.45. The van der Waals surface area contributed by atoms with Crippen LogP contribution in [0.15, 0.2) is 55.1 Å². The fourth-order valence-corrected chi connectivity index (χ4v) is 3.69. The largest absolute Gasteiger partial charge is 0.423 e. The van der Waals surface area contributed by atoms with E-state index in [1.165, 1.54) is 0 Å². The van der Waals surface area contributed by atoms with Crippen LogP contribution in [0.1, 0.15) is 28.6 Å². The zero-order valence-corrected chi connectivity index (χ0v) is 18.5. The normalized spacial score (nSPS) is 17.6. The molecule has 3 aromatic rings. The Morgan fingerprint density at radius 1 is 0.889 bits per heavy atom. The summed E-state index contributed by atoms with van der Waals surface area (Å²) in [6.07, 6.45) is 1.33. The summed E-state index contributed by atoms with van der Waals surface area (Å²) in [6, 6.07) is 5.67. The van der Waals surface area contributed by atoms with E-state index in [-0.39, 0.29) is 22.6 Å². The second-order valence-electron chi connectivity index (χ2n) is 8.03. The number of allylic oxidation sites excluding steroid dienone is 1. The Kier molecular flexibility index (Phi) is 7.46. The first kappa shape index (κ1) is 25.5. The van der Waals surface area contributed by atoms with Crippen LogP contribution >= 0.6 is 0 Å². The van der Waals surface area contributed by atoms with Crippen molar-refractivity contribution in [3.63, 3.8) is 0 Å². The lowest BCUT2D eigenvalue weighted by atomic mass is 10.0. The molecule has 0 aromatic heterocycles. The molecule has 0 spiro atoms. The summed E-state index contributed by atoms with van der Waals surface area (Å²) in [6.45, 7) is 4.22. The molecule has 4 nitrogen and oxygen atoms in total. The van der Waals surface area contributed by atoms with Crippen LogP contribution in [0.4, 0.5) is 26.3 Å². The van der Waals surface area contributed by atoms with Crippen LogP contribution in [0.5, 0.6) is 5.75 Å². The van der Waals surface area contributed by atoms with Gasteiger partial charge in [0.15, 0.2) is 23.7 Å². The summed E-state index contributed by atoms with van der Waals surface area (Å²) in [5.74, 6) is -10.1. The van der Waals surface area contributed by atoms with E-state index in [1.54, 1.807) is 6.08 Å². The van der Waals surface area contributed by atoms with Crippen LogP contribution in [-0.2, 0) is 9.47 Å². The van der Waals surface area contributed by atoms with Gasteiger partial charge in [0.1, 0.15) is 28.8 Å². The molecule has 1 fully saturated rings. The fourth-order valence-electron chi connectivity index (χ4n) is 3.69. The third kappa shape index (κ3) is 5.29. The quantitative estimate of drug-likeness (QED) is 0.123. The van der Waals surface area contributed by atoms with Crippen molar-refractivity contribution in [3.8, 4) is 16.9 Å². The van der Waals surface area contributed by atoms with E-state index in [9.17, 15) is 31.1 Å². The van der Waals surface area contributed by atoms with Gasteiger partial charge in [-0.25, -0.2) is 31.1 Å². The van der Waals surface area contributed by atoms with Gasteiger partial charge in [0.25, 0.3) is 0 Å². The lowest BCUT2D eigenvalue weighted by Crippen LogP contribution is -2.27. The molecule has 1 heterocycles. The average molecular weight is 508 g/mol. The van der Waals surface area contributed by atoms with E-state index in [2.05, 4.69) is 6.58 Å². The Balaban J connectivity index is 1.50. The highest BCUT2D eigenvalue weighted by Crippen LogP contribution is 2.31. The van der Waals surface area contributed by atoms with Crippen LogP contribution in [0, 0.1) is 40.8 Å². The lowest BCUT2D eigenvalue weighted by molar-refractivity contribution is -0.204. The summed E-state index contributed by atoms with van der Waals surface area (Å²) >= 11 is 0. The van der Waals surface area contributed by atoms with Crippen LogP contribution in [-0.4, -0.2) is 19.2 Å². The van der Waals surface area contributed by atoms with E-state index < -0.39 is 58.5 Å². The molecule has 36 heavy (non-hydrogen) atoms. The Morgan fingerprint density at radius 2 is 1.50 bits per heavy atom. The second kappa shape index (κ2) is 10.5. The summed E-state index contributed by atoms with van der Waals surface area (Å²) in [5.41, 5.74) is -1.63. The highest BCUT2D eigenvalue weighted by molar-refractivity contribution is 5.91. The van der Waals surface area contributed by atoms with Gasteiger partial charge in [-0.1, -0.05) is 6.08 Å².